The minimum absolute atomic E-state index is 0.0866. The highest BCUT2D eigenvalue weighted by Gasteiger charge is 2.20. The average Bonchev–Trinajstić information content (AvgIpc) is 3.34. The van der Waals surface area contributed by atoms with Gasteiger partial charge in [-0.3, -0.25) is 4.55 Å². The van der Waals surface area contributed by atoms with E-state index in [9.17, 15) is 13.0 Å². The monoisotopic (exact) mass is 554 g/mol. The summed E-state index contributed by atoms with van der Waals surface area (Å²) in [6.07, 6.45) is 15.8. The van der Waals surface area contributed by atoms with Gasteiger partial charge < -0.3 is 0 Å². The van der Waals surface area contributed by atoms with Gasteiger partial charge in [-0.1, -0.05) is 143 Å². The predicted octanol–water partition coefficient (Wildman–Crippen LogP) is 10.1. The lowest BCUT2D eigenvalue weighted by molar-refractivity contribution is 0.482. The summed E-state index contributed by atoms with van der Waals surface area (Å²) in [4.78, 5) is 0.0866. The fourth-order valence-electron chi connectivity index (χ4n) is 5.76. The quantitative estimate of drug-likeness (QED) is 0.131. The summed E-state index contributed by atoms with van der Waals surface area (Å²) in [6, 6.07) is 26.3. The van der Waals surface area contributed by atoms with Gasteiger partial charge in [0.05, 0.1) is 0 Å². The molecule has 0 saturated heterocycles. The van der Waals surface area contributed by atoms with Crippen molar-refractivity contribution in [2.24, 2.45) is 0 Å². The topological polar surface area (TPSA) is 54.4 Å². The van der Waals surface area contributed by atoms with E-state index in [1.807, 2.05) is 24.3 Å². The molecule has 0 radical (unpaired) electrons. The molecule has 0 aromatic heterocycles. The third-order valence-corrected chi connectivity index (χ3v) is 8.75. The molecule has 1 aliphatic rings. The fourth-order valence-corrected chi connectivity index (χ4v) is 6.72. The van der Waals surface area contributed by atoms with Crippen molar-refractivity contribution in [3.63, 3.8) is 0 Å². The Morgan fingerprint density at radius 3 is 2.17 bits per heavy atom. The van der Waals surface area contributed by atoms with Crippen molar-refractivity contribution in [2.45, 2.75) is 83.0 Å². The first-order chi connectivity index (χ1) is 19.4. The zero-order chi connectivity index (χ0) is 28.4. The number of hydrogen-bond donors (Lipinski definition) is 1. The van der Waals surface area contributed by atoms with Crippen LogP contribution < -0.4 is 0 Å². The maximum absolute atomic E-state index is 11.9. The third-order valence-electron chi connectivity index (χ3n) is 7.75. The fraction of sp³-hybridized carbons (Fsp3) is 0.333. The Bertz CT molecular complexity index is 1550. The lowest BCUT2D eigenvalue weighted by Gasteiger charge is -2.11. The first kappa shape index (κ1) is 29.8. The molecule has 0 atom stereocenters. The molecule has 1 aliphatic carbocycles. The molecule has 210 valence electrons. The van der Waals surface area contributed by atoms with E-state index < -0.39 is 10.1 Å². The first-order valence-corrected chi connectivity index (χ1v) is 16.2. The van der Waals surface area contributed by atoms with Gasteiger partial charge in [0.25, 0.3) is 10.1 Å². The van der Waals surface area contributed by atoms with Crippen LogP contribution in [0.5, 0.6) is 0 Å². The number of aryl methyl sites for hydroxylation is 1. The summed E-state index contributed by atoms with van der Waals surface area (Å²) in [7, 11) is -4.22. The maximum Gasteiger partial charge on any atom is 0.295 e. The van der Waals surface area contributed by atoms with E-state index in [-0.39, 0.29) is 4.90 Å². The molecule has 0 spiro atoms. The predicted molar refractivity (Wildman–Crippen MR) is 169 cm³/mol. The molecule has 0 bridgehead atoms. The standard InChI is InChI=1S/C20H28O3S.C16H14/c1-2-3-4-5-6-7-8-9-13-18-16-15-17-12-10-11-14-19(17)20(18)24(21,22)23;1-2-6-12-8-5-10-15-14-9-4-3-7-13(14)11-16(12)15/h10-12,14-16H,2-9,13H2,1H3,(H,21,22,23);2-10H,11H2,1H3. The van der Waals surface area contributed by atoms with Gasteiger partial charge in [-0.25, -0.2) is 0 Å². The van der Waals surface area contributed by atoms with Crippen LogP contribution in [0.15, 0.2) is 89.8 Å². The molecule has 0 unspecified atom stereocenters. The zero-order valence-corrected chi connectivity index (χ0v) is 24.7. The van der Waals surface area contributed by atoms with Gasteiger partial charge in [0.1, 0.15) is 4.90 Å². The molecule has 40 heavy (non-hydrogen) atoms. The maximum atomic E-state index is 11.9. The van der Waals surface area contributed by atoms with Crippen molar-refractivity contribution >= 4 is 27.0 Å². The second kappa shape index (κ2) is 14.4. The summed E-state index contributed by atoms with van der Waals surface area (Å²) in [5, 5.41) is 1.45. The van der Waals surface area contributed by atoms with Crippen molar-refractivity contribution in [3.8, 4) is 11.1 Å². The Morgan fingerprint density at radius 1 is 0.750 bits per heavy atom. The SMILES string of the molecule is CC=Cc1cccc2c1Cc1ccccc1-2.CCCCCCCCCCc1ccc2ccccc2c1S(=O)(=O)O. The van der Waals surface area contributed by atoms with E-state index in [1.54, 1.807) is 12.1 Å². The van der Waals surface area contributed by atoms with E-state index in [0.717, 1.165) is 30.2 Å². The van der Waals surface area contributed by atoms with Crippen LogP contribution in [0.3, 0.4) is 0 Å². The van der Waals surface area contributed by atoms with Gasteiger partial charge in [0.15, 0.2) is 0 Å². The molecule has 1 N–H and O–H groups in total. The van der Waals surface area contributed by atoms with Crippen LogP contribution in [0.25, 0.3) is 28.0 Å². The molecule has 0 aliphatic heterocycles. The molecular weight excluding hydrogens is 512 g/mol. The smallest absolute Gasteiger partial charge is 0.282 e. The lowest BCUT2D eigenvalue weighted by Crippen LogP contribution is -2.04. The van der Waals surface area contributed by atoms with Crippen LogP contribution in [0, 0.1) is 0 Å². The molecular formula is C36H42O3S. The van der Waals surface area contributed by atoms with E-state index in [0.29, 0.717) is 11.8 Å². The van der Waals surface area contributed by atoms with E-state index >= 15 is 0 Å². The van der Waals surface area contributed by atoms with Crippen LogP contribution in [-0.2, 0) is 23.0 Å². The van der Waals surface area contributed by atoms with E-state index in [1.165, 1.54) is 66.3 Å². The Balaban J connectivity index is 0.000000199. The van der Waals surface area contributed by atoms with Gasteiger partial charge in [-0.2, -0.15) is 8.42 Å². The largest absolute Gasteiger partial charge is 0.295 e. The van der Waals surface area contributed by atoms with Crippen molar-refractivity contribution < 1.29 is 13.0 Å². The van der Waals surface area contributed by atoms with Gasteiger partial charge in [-0.05, 0) is 65.0 Å². The summed E-state index contributed by atoms with van der Waals surface area (Å²) >= 11 is 0. The zero-order valence-electron chi connectivity index (χ0n) is 23.9. The Kier molecular flexibility index (Phi) is 10.7. The normalized spacial score (nSPS) is 12.3. The number of rotatable bonds is 11. The molecule has 0 heterocycles. The molecule has 0 amide bonds. The molecule has 0 saturated carbocycles. The molecule has 4 aromatic rings. The molecule has 5 rings (SSSR count). The summed E-state index contributed by atoms with van der Waals surface area (Å²) < 4.78 is 33.4. The van der Waals surface area contributed by atoms with Crippen LogP contribution in [0.1, 0.15) is 87.5 Å². The summed E-state index contributed by atoms with van der Waals surface area (Å²) in [6.45, 7) is 4.29. The minimum Gasteiger partial charge on any atom is -0.282 e. The summed E-state index contributed by atoms with van der Waals surface area (Å²) in [5.74, 6) is 0. The van der Waals surface area contributed by atoms with Gasteiger partial charge in [0, 0.05) is 5.39 Å². The Hall–Kier alpha value is -3.21. The molecule has 0 fully saturated rings. The highest BCUT2D eigenvalue weighted by Crippen LogP contribution is 2.38. The Morgan fingerprint density at radius 2 is 1.43 bits per heavy atom. The molecule has 3 nitrogen and oxygen atoms in total. The highest BCUT2D eigenvalue weighted by molar-refractivity contribution is 7.86. The number of benzene rings is 4. The second-order valence-corrected chi connectivity index (χ2v) is 12.0. The van der Waals surface area contributed by atoms with Crippen LogP contribution in [0.2, 0.25) is 0 Å². The van der Waals surface area contributed by atoms with Crippen LogP contribution >= 0.6 is 0 Å². The Labute approximate surface area is 240 Å². The van der Waals surface area contributed by atoms with E-state index in [4.69, 9.17) is 0 Å². The highest BCUT2D eigenvalue weighted by atomic mass is 32.2. The van der Waals surface area contributed by atoms with E-state index in [2.05, 4.69) is 68.5 Å². The number of hydrogen-bond acceptors (Lipinski definition) is 2. The van der Waals surface area contributed by atoms with Crippen molar-refractivity contribution in [2.75, 3.05) is 0 Å². The van der Waals surface area contributed by atoms with Gasteiger partial charge >= 0.3 is 0 Å². The third kappa shape index (κ3) is 7.50. The number of fused-ring (bicyclic) bond motifs is 4. The minimum atomic E-state index is -4.22. The van der Waals surface area contributed by atoms with Gasteiger partial charge in [-0.15, -0.1) is 0 Å². The summed E-state index contributed by atoms with van der Waals surface area (Å²) in [5.41, 5.74) is 7.82. The molecule has 4 heteroatoms. The van der Waals surface area contributed by atoms with Crippen LogP contribution in [0.4, 0.5) is 0 Å². The number of allylic oxidation sites excluding steroid dienone is 1. The van der Waals surface area contributed by atoms with Crippen molar-refractivity contribution in [1.82, 2.24) is 0 Å². The van der Waals surface area contributed by atoms with Gasteiger partial charge in [0.2, 0.25) is 0 Å². The lowest BCUT2D eigenvalue weighted by atomic mass is 10.0. The first-order valence-electron chi connectivity index (χ1n) is 14.7. The second-order valence-electron chi connectivity index (χ2n) is 10.7. The van der Waals surface area contributed by atoms with Crippen molar-refractivity contribution in [3.05, 3.63) is 107 Å². The molecule has 4 aromatic carbocycles. The van der Waals surface area contributed by atoms with Crippen LogP contribution in [-0.4, -0.2) is 13.0 Å². The van der Waals surface area contributed by atoms with Crippen molar-refractivity contribution in [1.29, 1.82) is 0 Å². The number of unbranched alkanes of at least 4 members (excludes halogenated alkanes) is 7. The average molecular weight is 555 g/mol.